The number of aryl methyl sites for hydroxylation is 2. The van der Waals surface area contributed by atoms with Gasteiger partial charge in [0, 0.05) is 24.8 Å². The van der Waals surface area contributed by atoms with Crippen molar-refractivity contribution >= 4 is 16.9 Å². The van der Waals surface area contributed by atoms with Crippen molar-refractivity contribution in [2.45, 2.75) is 20.4 Å². The van der Waals surface area contributed by atoms with Crippen LogP contribution in [0.3, 0.4) is 0 Å². The molecule has 1 N–H and O–H groups in total. The summed E-state index contributed by atoms with van der Waals surface area (Å²) >= 11 is 0. The molecule has 0 aliphatic rings. The van der Waals surface area contributed by atoms with E-state index in [1.807, 2.05) is 53.7 Å². The van der Waals surface area contributed by atoms with Crippen LogP contribution in [-0.4, -0.2) is 29.5 Å². The van der Waals surface area contributed by atoms with Crippen LogP contribution in [0.2, 0.25) is 0 Å². The highest BCUT2D eigenvalue weighted by molar-refractivity contribution is 5.87. The van der Waals surface area contributed by atoms with Gasteiger partial charge in [-0.15, -0.1) is 0 Å². The molecule has 7 nitrogen and oxygen atoms in total. The number of nitrogens with zero attached hydrogens (tertiary/aromatic N) is 6. The van der Waals surface area contributed by atoms with E-state index in [4.69, 9.17) is 0 Å². The predicted octanol–water partition coefficient (Wildman–Crippen LogP) is 2.78. The molecular formula is C18H19N7. The Kier molecular flexibility index (Phi) is 3.68. The largest absolute Gasteiger partial charge is 0.365 e. The van der Waals surface area contributed by atoms with Gasteiger partial charge < -0.3 is 5.32 Å². The summed E-state index contributed by atoms with van der Waals surface area (Å²) in [5, 5.41) is 13.2. The molecule has 4 aromatic rings. The van der Waals surface area contributed by atoms with Crippen LogP contribution in [0.5, 0.6) is 0 Å². The van der Waals surface area contributed by atoms with E-state index in [2.05, 4.69) is 32.4 Å². The molecule has 4 rings (SSSR count). The van der Waals surface area contributed by atoms with E-state index in [1.54, 1.807) is 12.5 Å². The second-order valence-electron chi connectivity index (χ2n) is 5.98. The summed E-state index contributed by atoms with van der Waals surface area (Å²) in [5.74, 6) is 0.773. The molecule has 3 heterocycles. The molecule has 3 aromatic heterocycles. The van der Waals surface area contributed by atoms with Crippen LogP contribution < -0.4 is 5.32 Å². The van der Waals surface area contributed by atoms with E-state index in [0.717, 1.165) is 33.9 Å². The van der Waals surface area contributed by atoms with Gasteiger partial charge in [-0.25, -0.2) is 14.6 Å². The Labute approximate surface area is 145 Å². The fourth-order valence-electron chi connectivity index (χ4n) is 2.99. The van der Waals surface area contributed by atoms with E-state index in [1.165, 1.54) is 5.56 Å². The van der Waals surface area contributed by atoms with E-state index in [9.17, 15) is 0 Å². The first-order valence-corrected chi connectivity index (χ1v) is 8.12. The van der Waals surface area contributed by atoms with Crippen molar-refractivity contribution < 1.29 is 0 Å². The molecule has 0 amide bonds. The summed E-state index contributed by atoms with van der Waals surface area (Å²) in [6.07, 6.45) is 3.36. The topological polar surface area (TPSA) is 73.5 Å². The van der Waals surface area contributed by atoms with Gasteiger partial charge in [0.05, 0.1) is 23.0 Å². The van der Waals surface area contributed by atoms with Gasteiger partial charge in [0.2, 0.25) is 0 Å². The summed E-state index contributed by atoms with van der Waals surface area (Å²) in [5.41, 5.74) is 5.11. The van der Waals surface area contributed by atoms with Crippen molar-refractivity contribution in [1.82, 2.24) is 29.5 Å². The Bertz CT molecular complexity index is 1030. The average molecular weight is 333 g/mol. The van der Waals surface area contributed by atoms with Crippen LogP contribution in [0.1, 0.15) is 17.0 Å². The van der Waals surface area contributed by atoms with Crippen LogP contribution in [0.25, 0.3) is 16.7 Å². The van der Waals surface area contributed by atoms with Gasteiger partial charge in [-0.2, -0.15) is 10.2 Å². The van der Waals surface area contributed by atoms with Crippen LogP contribution in [0.15, 0.2) is 42.9 Å². The highest BCUT2D eigenvalue weighted by atomic mass is 15.3. The molecule has 126 valence electrons. The van der Waals surface area contributed by atoms with Crippen LogP contribution in [0.4, 0.5) is 5.82 Å². The zero-order chi connectivity index (χ0) is 17.4. The van der Waals surface area contributed by atoms with Crippen molar-refractivity contribution in [2.75, 3.05) is 5.32 Å². The summed E-state index contributed by atoms with van der Waals surface area (Å²) in [7, 11) is 1.96. The van der Waals surface area contributed by atoms with Gasteiger partial charge >= 0.3 is 0 Å². The minimum atomic E-state index is 0.661. The van der Waals surface area contributed by atoms with E-state index < -0.39 is 0 Å². The van der Waals surface area contributed by atoms with E-state index >= 15 is 0 Å². The lowest BCUT2D eigenvalue weighted by atomic mass is 10.2. The second kappa shape index (κ2) is 6.01. The molecule has 0 atom stereocenters. The molecule has 0 fully saturated rings. The first-order chi connectivity index (χ1) is 12.1. The van der Waals surface area contributed by atoms with Crippen LogP contribution in [-0.2, 0) is 13.6 Å². The Morgan fingerprint density at radius 3 is 2.60 bits per heavy atom. The van der Waals surface area contributed by atoms with Crippen molar-refractivity contribution in [3.05, 3.63) is 59.8 Å². The van der Waals surface area contributed by atoms with Gasteiger partial charge in [0.1, 0.15) is 12.1 Å². The SMILES string of the molecule is Cc1nn(C)c(C)c1CNc1ncnc2c1cnn2-c1ccccc1. The zero-order valence-electron chi connectivity index (χ0n) is 14.4. The molecule has 0 saturated heterocycles. The minimum Gasteiger partial charge on any atom is -0.365 e. The molecule has 1 aromatic carbocycles. The maximum Gasteiger partial charge on any atom is 0.168 e. The number of fused-ring (bicyclic) bond motifs is 1. The third kappa shape index (κ3) is 2.63. The molecule has 0 bridgehead atoms. The molecule has 0 aliphatic carbocycles. The van der Waals surface area contributed by atoms with Crippen LogP contribution >= 0.6 is 0 Å². The fraction of sp³-hybridized carbons (Fsp3) is 0.222. The fourth-order valence-corrected chi connectivity index (χ4v) is 2.99. The Morgan fingerprint density at radius 2 is 1.88 bits per heavy atom. The number of nitrogens with one attached hydrogen (secondary N) is 1. The maximum absolute atomic E-state index is 4.48. The maximum atomic E-state index is 4.48. The van der Waals surface area contributed by atoms with Crippen LogP contribution in [0, 0.1) is 13.8 Å². The van der Waals surface area contributed by atoms with Gasteiger partial charge in [0.15, 0.2) is 5.65 Å². The van der Waals surface area contributed by atoms with Gasteiger partial charge in [-0.1, -0.05) is 18.2 Å². The molecule has 0 radical (unpaired) electrons. The van der Waals surface area contributed by atoms with Crippen molar-refractivity contribution in [2.24, 2.45) is 7.05 Å². The molecule has 7 heteroatoms. The molecule has 0 unspecified atom stereocenters. The number of hydrogen-bond donors (Lipinski definition) is 1. The number of rotatable bonds is 4. The average Bonchev–Trinajstić information content (AvgIpc) is 3.16. The first kappa shape index (κ1) is 15.3. The lowest BCUT2D eigenvalue weighted by Crippen LogP contribution is -2.05. The second-order valence-corrected chi connectivity index (χ2v) is 5.98. The summed E-state index contributed by atoms with van der Waals surface area (Å²) in [4.78, 5) is 8.80. The smallest absolute Gasteiger partial charge is 0.168 e. The third-order valence-electron chi connectivity index (χ3n) is 4.46. The molecular weight excluding hydrogens is 314 g/mol. The van der Waals surface area contributed by atoms with E-state index in [-0.39, 0.29) is 0 Å². The normalized spacial score (nSPS) is 11.2. The first-order valence-electron chi connectivity index (χ1n) is 8.12. The predicted molar refractivity (Wildman–Crippen MR) is 96.7 cm³/mol. The number of aromatic nitrogens is 6. The van der Waals surface area contributed by atoms with E-state index in [0.29, 0.717) is 6.54 Å². The molecule has 25 heavy (non-hydrogen) atoms. The lowest BCUT2D eigenvalue weighted by Gasteiger charge is -2.07. The Morgan fingerprint density at radius 1 is 1.08 bits per heavy atom. The molecule has 0 spiro atoms. The Balaban J connectivity index is 1.68. The number of hydrogen-bond acceptors (Lipinski definition) is 5. The zero-order valence-corrected chi connectivity index (χ0v) is 14.4. The van der Waals surface area contributed by atoms with Crippen molar-refractivity contribution in [1.29, 1.82) is 0 Å². The quantitative estimate of drug-likeness (QED) is 0.622. The lowest BCUT2D eigenvalue weighted by molar-refractivity contribution is 0.730. The number of para-hydroxylation sites is 1. The van der Waals surface area contributed by atoms with Crippen molar-refractivity contribution in [3.63, 3.8) is 0 Å². The highest BCUT2D eigenvalue weighted by Crippen LogP contribution is 2.22. The number of anilines is 1. The summed E-state index contributed by atoms with van der Waals surface area (Å²) in [6.45, 7) is 4.75. The monoisotopic (exact) mass is 333 g/mol. The van der Waals surface area contributed by atoms with Gasteiger partial charge in [0.25, 0.3) is 0 Å². The minimum absolute atomic E-state index is 0.661. The number of benzene rings is 1. The standard InChI is InChI=1S/C18H19N7/c1-12-15(13(2)24(3)23-12)9-19-17-16-10-22-25(18(16)21-11-20-17)14-7-5-4-6-8-14/h4-8,10-11H,9H2,1-3H3,(H,19,20,21). The highest BCUT2D eigenvalue weighted by Gasteiger charge is 2.13. The van der Waals surface area contributed by atoms with Gasteiger partial charge in [-0.05, 0) is 26.0 Å². The summed E-state index contributed by atoms with van der Waals surface area (Å²) in [6, 6.07) is 9.96. The Hall–Kier alpha value is -3.22. The summed E-state index contributed by atoms with van der Waals surface area (Å²) < 4.78 is 3.72. The molecule has 0 aliphatic heterocycles. The van der Waals surface area contributed by atoms with Crippen molar-refractivity contribution in [3.8, 4) is 5.69 Å². The molecule has 0 saturated carbocycles. The third-order valence-corrected chi connectivity index (χ3v) is 4.46. The van der Waals surface area contributed by atoms with Gasteiger partial charge in [-0.3, -0.25) is 4.68 Å².